The highest BCUT2D eigenvalue weighted by atomic mass is 32.2. The van der Waals surface area contributed by atoms with Crippen molar-refractivity contribution in [3.63, 3.8) is 0 Å². The zero-order chi connectivity index (χ0) is 22.5. The number of anilines is 1. The smallest absolute Gasteiger partial charge is 0.232 e. The number of aryl methyl sites for hydroxylation is 1. The molecule has 7 nitrogen and oxygen atoms in total. The maximum absolute atomic E-state index is 12.4. The van der Waals surface area contributed by atoms with E-state index in [0.717, 1.165) is 50.2 Å². The molecule has 2 amide bonds. The van der Waals surface area contributed by atoms with E-state index in [1.54, 1.807) is 0 Å². The maximum atomic E-state index is 12.4. The van der Waals surface area contributed by atoms with Crippen molar-refractivity contribution < 1.29 is 9.59 Å². The zero-order valence-corrected chi connectivity index (χ0v) is 19.7. The van der Waals surface area contributed by atoms with Crippen molar-refractivity contribution in [1.82, 2.24) is 19.9 Å². The van der Waals surface area contributed by atoms with Gasteiger partial charge in [-0.05, 0) is 44.2 Å². The van der Waals surface area contributed by atoms with Gasteiger partial charge in [0, 0.05) is 31.6 Å². The summed E-state index contributed by atoms with van der Waals surface area (Å²) in [5, 5.41) is 2.96. The van der Waals surface area contributed by atoms with E-state index in [4.69, 9.17) is 0 Å². The minimum atomic E-state index is -0.0614. The molecule has 2 aromatic heterocycles. The first-order valence-corrected chi connectivity index (χ1v) is 12.4. The number of carbonyl (C=O) groups is 2. The lowest BCUT2D eigenvalue weighted by Gasteiger charge is -2.17. The van der Waals surface area contributed by atoms with Crippen LogP contribution in [0.1, 0.15) is 26.1 Å². The summed E-state index contributed by atoms with van der Waals surface area (Å²) in [7, 11) is 0. The lowest BCUT2D eigenvalue weighted by Crippen LogP contribution is -2.31. The SMILES string of the molecule is CCN(CC)C(=O)CSc1nc2ccc(NC(=O)CCc3nc4ccccc4[nH]3)cc2s1. The number of rotatable bonds is 9. The molecule has 0 saturated carbocycles. The average Bonchev–Trinajstić information content (AvgIpc) is 3.40. The van der Waals surface area contributed by atoms with Crippen LogP contribution >= 0.6 is 23.1 Å². The second-order valence-electron chi connectivity index (χ2n) is 7.27. The number of imidazole rings is 1. The number of para-hydroxylation sites is 2. The van der Waals surface area contributed by atoms with Crippen LogP contribution in [0.25, 0.3) is 21.3 Å². The van der Waals surface area contributed by atoms with Gasteiger partial charge in [0.25, 0.3) is 0 Å². The number of thioether (sulfide) groups is 1. The molecule has 0 aliphatic rings. The van der Waals surface area contributed by atoms with Crippen LogP contribution in [0.3, 0.4) is 0 Å². The van der Waals surface area contributed by atoms with Gasteiger partial charge in [-0.2, -0.15) is 0 Å². The highest BCUT2D eigenvalue weighted by Gasteiger charge is 2.13. The fraction of sp³-hybridized carbons (Fsp3) is 0.304. The average molecular weight is 468 g/mol. The fourth-order valence-corrected chi connectivity index (χ4v) is 5.42. The van der Waals surface area contributed by atoms with E-state index >= 15 is 0 Å². The number of amides is 2. The molecule has 0 atom stereocenters. The molecule has 0 saturated heterocycles. The van der Waals surface area contributed by atoms with Crippen LogP contribution in [-0.4, -0.2) is 50.5 Å². The Labute approximate surface area is 194 Å². The summed E-state index contributed by atoms with van der Waals surface area (Å²) < 4.78 is 1.84. The molecule has 0 bridgehead atoms. The van der Waals surface area contributed by atoms with Gasteiger partial charge in [0.2, 0.25) is 11.8 Å². The van der Waals surface area contributed by atoms with Crippen LogP contribution < -0.4 is 5.32 Å². The van der Waals surface area contributed by atoms with Crippen molar-refractivity contribution in [3.05, 3.63) is 48.3 Å². The van der Waals surface area contributed by atoms with E-state index in [9.17, 15) is 9.59 Å². The first-order valence-electron chi connectivity index (χ1n) is 10.6. The van der Waals surface area contributed by atoms with E-state index in [-0.39, 0.29) is 11.8 Å². The Balaban J connectivity index is 1.33. The normalized spacial score (nSPS) is 11.2. The molecule has 4 rings (SSSR count). The van der Waals surface area contributed by atoms with Gasteiger partial charge in [-0.3, -0.25) is 9.59 Å². The molecule has 0 aliphatic heterocycles. The van der Waals surface area contributed by atoms with Gasteiger partial charge in [0.15, 0.2) is 4.34 Å². The highest BCUT2D eigenvalue weighted by Crippen LogP contribution is 2.31. The van der Waals surface area contributed by atoms with E-state index in [2.05, 4.69) is 20.3 Å². The van der Waals surface area contributed by atoms with Gasteiger partial charge in [0.1, 0.15) is 5.82 Å². The third-order valence-electron chi connectivity index (χ3n) is 5.12. The Hall–Kier alpha value is -2.91. The predicted octanol–water partition coefficient (Wildman–Crippen LogP) is 4.70. The second-order valence-corrected chi connectivity index (χ2v) is 9.52. The van der Waals surface area contributed by atoms with Gasteiger partial charge in [-0.25, -0.2) is 9.97 Å². The third-order valence-corrected chi connectivity index (χ3v) is 7.26. The number of fused-ring (bicyclic) bond motifs is 2. The highest BCUT2D eigenvalue weighted by molar-refractivity contribution is 8.01. The molecule has 2 heterocycles. The Morgan fingerprint density at radius 3 is 2.69 bits per heavy atom. The number of aromatic nitrogens is 3. The second kappa shape index (κ2) is 10.1. The van der Waals surface area contributed by atoms with Crippen LogP contribution in [0, 0.1) is 0 Å². The lowest BCUT2D eigenvalue weighted by molar-refractivity contribution is -0.128. The molecule has 0 fully saturated rings. The van der Waals surface area contributed by atoms with Gasteiger partial charge >= 0.3 is 0 Å². The number of hydrogen-bond acceptors (Lipinski definition) is 6. The summed E-state index contributed by atoms with van der Waals surface area (Å²) in [5.74, 6) is 1.25. The van der Waals surface area contributed by atoms with Gasteiger partial charge in [-0.1, -0.05) is 23.9 Å². The molecule has 2 aromatic carbocycles. The van der Waals surface area contributed by atoms with E-state index in [0.29, 0.717) is 18.6 Å². The Bertz CT molecular complexity index is 1210. The van der Waals surface area contributed by atoms with Crippen molar-refractivity contribution in [3.8, 4) is 0 Å². The standard InChI is InChI=1S/C23H25N5O2S2/c1-3-28(4-2)22(30)14-31-23-27-18-10-9-15(13-19(18)32-23)24-21(29)12-11-20-25-16-7-5-6-8-17(16)26-20/h5-10,13H,3-4,11-12,14H2,1-2H3,(H,24,29)(H,25,26). The zero-order valence-electron chi connectivity index (χ0n) is 18.1. The first-order chi connectivity index (χ1) is 15.6. The number of carbonyl (C=O) groups excluding carboxylic acids is 2. The van der Waals surface area contributed by atoms with E-state index in [1.807, 2.05) is 61.2 Å². The predicted molar refractivity (Wildman–Crippen MR) is 131 cm³/mol. The number of nitrogens with one attached hydrogen (secondary N) is 2. The topological polar surface area (TPSA) is 91.0 Å². The summed E-state index contributed by atoms with van der Waals surface area (Å²) >= 11 is 2.99. The summed E-state index contributed by atoms with van der Waals surface area (Å²) in [6, 6.07) is 13.5. The van der Waals surface area contributed by atoms with Gasteiger partial charge in [0.05, 0.1) is 27.0 Å². The van der Waals surface area contributed by atoms with Crippen molar-refractivity contribution in [2.24, 2.45) is 0 Å². The van der Waals surface area contributed by atoms with Crippen molar-refractivity contribution in [1.29, 1.82) is 0 Å². The maximum Gasteiger partial charge on any atom is 0.232 e. The van der Waals surface area contributed by atoms with Crippen LogP contribution in [-0.2, 0) is 16.0 Å². The quantitative estimate of drug-likeness (QED) is 0.348. The molecule has 2 N–H and O–H groups in total. The number of nitrogens with zero attached hydrogens (tertiary/aromatic N) is 3. The molecular weight excluding hydrogens is 442 g/mol. The molecule has 9 heteroatoms. The van der Waals surface area contributed by atoms with Crippen molar-refractivity contribution in [2.45, 2.75) is 31.0 Å². The third kappa shape index (κ3) is 5.28. The minimum Gasteiger partial charge on any atom is -0.343 e. The lowest BCUT2D eigenvalue weighted by atomic mass is 10.2. The van der Waals surface area contributed by atoms with Crippen LogP contribution in [0.4, 0.5) is 5.69 Å². The molecule has 32 heavy (non-hydrogen) atoms. The van der Waals surface area contributed by atoms with Gasteiger partial charge in [-0.15, -0.1) is 11.3 Å². The summed E-state index contributed by atoms with van der Waals surface area (Å²) in [6.45, 7) is 5.40. The van der Waals surface area contributed by atoms with Gasteiger partial charge < -0.3 is 15.2 Å². The molecule has 0 spiro atoms. The molecule has 0 aliphatic carbocycles. The van der Waals surface area contributed by atoms with Crippen LogP contribution in [0.2, 0.25) is 0 Å². The molecule has 166 valence electrons. The van der Waals surface area contributed by atoms with Crippen LogP contribution in [0.5, 0.6) is 0 Å². The minimum absolute atomic E-state index is 0.0614. The Morgan fingerprint density at radius 1 is 1.09 bits per heavy atom. The number of hydrogen-bond donors (Lipinski definition) is 2. The first kappa shape index (κ1) is 22.3. The molecule has 0 radical (unpaired) electrons. The Morgan fingerprint density at radius 2 is 1.91 bits per heavy atom. The van der Waals surface area contributed by atoms with E-state index < -0.39 is 0 Å². The van der Waals surface area contributed by atoms with Crippen molar-refractivity contribution >= 4 is 61.9 Å². The number of benzene rings is 2. The number of H-pyrrole nitrogens is 1. The summed E-state index contributed by atoms with van der Waals surface area (Å²) in [5.41, 5.74) is 3.50. The van der Waals surface area contributed by atoms with Crippen molar-refractivity contribution in [2.75, 3.05) is 24.2 Å². The number of aromatic amines is 1. The fourth-order valence-electron chi connectivity index (χ4n) is 3.41. The Kier molecular flexibility index (Phi) is 7.06. The van der Waals surface area contributed by atoms with E-state index in [1.165, 1.54) is 23.1 Å². The van der Waals surface area contributed by atoms with Crippen LogP contribution in [0.15, 0.2) is 46.8 Å². The monoisotopic (exact) mass is 467 g/mol. The molecular formula is C23H25N5O2S2. The molecule has 4 aromatic rings. The number of thiazole rings is 1. The largest absolute Gasteiger partial charge is 0.343 e. The summed E-state index contributed by atoms with van der Waals surface area (Å²) in [6.07, 6.45) is 0.889. The summed E-state index contributed by atoms with van der Waals surface area (Å²) in [4.78, 5) is 38.8. The molecule has 0 unspecified atom stereocenters.